The van der Waals surface area contributed by atoms with Crippen molar-refractivity contribution in [3.63, 3.8) is 0 Å². The Hall–Kier alpha value is -4.23. The van der Waals surface area contributed by atoms with Crippen molar-refractivity contribution in [2.45, 2.75) is 36.9 Å². The van der Waals surface area contributed by atoms with E-state index in [0.29, 0.717) is 28.5 Å². The van der Waals surface area contributed by atoms with Crippen LogP contribution in [0, 0.1) is 6.92 Å². The summed E-state index contributed by atoms with van der Waals surface area (Å²) >= 11 is 1.04. The van der Waals surface area contributed by atoms with Crippen molar-refractivity contribution in [3.05, 3.63) is 81.8 Å². The summed E-state index contributed by atoms with van der Waals surface area (Å²) in [6.07, 6.45) is -9.58. The molecule has 1 amide bonds. The predicted molar refractivity (Wildman–Crippen MR) is 148 cm³/mol. The zero-order chi connectivity index (χ0) is 32.7. The van der Waals surface area contributed by atoms with Crippen LogP contribution in [0.2, 0.25) is 0 Å². The molecule has 2 aromatic heterocycles. The summed E-state index contributed by atoms with van der Waals surface area (Å²) in [6.45, 7) is 1.00. The number of rotatable bonds is 7. The van der Waals surface area contributed by atoms with Gasteiger partial charge in [-0.15, -0.1) is 18.3 Å². The van der Waals surface area contributed by atoms with Gasteiger partial charge in [0.15, 0.2) is 0 Å². The number of carbonyl (C=O) groups is 1. The number of benzene rings is 2. The van der Waals surface area contributed by atoms with Crippen LogP contribution in [0.25, 0.3) is 4.96 Å². The summed E-state index contributed by atoms with van der Waals surface area (Å²) < 4.78 is 110. The molecule has 4 aromatic rings. The Bertz CT molecular complexity index is 1880. The Morgan fingerprint density at radius 2 is 1.71 bits per heavy atom. The Kier molecular flexibility index (Phi) is 8.53. The lowest BCUT2D eigenvalue weighted by atomic mass is 10.1. The number of halogens is 6. The maximum absolute atomic E-state index is 13.6. The number of aryl methyl sites for hydroxylation is 1. The molecular weight excluding hydrogens is 654 g/mol. The third-order valence-electron chi connectivity index (χ3n) is 6.74. The number of piperazine rings is 1. The highest BCUT2D eigenvalue weighted by Gasteiger charge is 2.41. The number of carbonyl (C=O) groups excluding carboxylic acids is 1. The Labute approximate surface area is 254 Å². The fourth-order valence-electron chi connectivity index (χ4n) is 4.58. The molecule has 0 radical (unpaired) electrons. The van der Waals surface area contributed by atoms with Crippen LogP contribution in [0.1, 0.15) is 16.8 Å². The van der Waals surface area contributed by atoms with E-state index in [-0.39, 0.29) is 31.1 Å². The van der Waals surface area contributed by atoms with E-state index >= 15 is 0 Å². The molecule has 3 heterocycles. The third kappa shape index (κ3) is 7.20. The maximum Gasteiger partial charge on any atom is 0.573 e. The number of hydrogen-bond donors (Lipinski definition) is 1. The second-order valence-corrected chi connectivity index (χ2v) is 12.6. The first-order valence-corrected chi connectivity index (χ1v) is 15.2. The van der Waals surface area contributed by atoms with Gasteiger partial charge >= 0.3 is 12.5 Å². The highest BCUT2D eigenvalue weighted by molar-refractivity contribution is 7.89. The summed E-state index contributed by atoms with van der Waals surface area (Å²) in [6, 6.07) is 7.41. The van der Waals surface area contributed by atoms with Gasteiger partial charge in [0.05, 0.1) is 10.5 Å². The minimum absolute atomic E-state index is 0.0357. The van der Waals surface area contributed by atoms with E-state index in [0.717, 1.165) is 39.9 Å². The molecule has 1 aliphatic rings. The van der Waals surface area contributed by atoms with Gasteiger partial charge in [0.1, 0.15) is 11.8 Å². The standard InChI is InChI=1S/C26H22F6N6O5S2/c1-15-12-21(39)34-23-38(15)35-24(44-23)36-10-11-37(45(41,42)19-8-4-17(5-9-19)25(27,28)29)20(14-36)22(40)33-13-16-2-6-18(7-3-16)43-26(30,31)32/h2-9,12,20H,10-11,13-14H2,1H3,(H,33,40)/t20-/m1/s1. The van der Waals surface area contributed by atoms with E-state index < -0.39 is 56.3 Å². The molecule has 240 valence electrons. The first kappa shape index (κ1) is 32.2. The monoisotopic (exact) mass is 676 g/mol. The summed E-state index contributed by atoms with van der Waals surface area (Å²) in [5.74, 6) is -1.26. The smallest absolute Gasteiger partial charge is 0.406 e. The van der Waals surface area contributed by atoms with Crippen molar-refractivity contribution in [2.24, 2.45) is 0 Å². The first-order chi connectivity index (χ1) is 21.0. The molecule has 5 rings (SSSR count). The van der Waals surface area contributed by atoms with Crippen molar-refractivity contribution in [1.82, 2.24) is 24.2 Å². The van der Waals surface area contributed by atoms with Gasteiger partial charge in [-0.3, -0.25) is 9.59 Å². The number of alkyl halides is 6. The first-order valence-electron chi connectivity index (χ1n) is 13.0. The van der Waals surface area contributed by atoms with Crippen LogP contribution in [-0.2, 0) is 27.5 Å². The number of hydrogen-bond acceptors (Lipinski definition) is 9. The number of nitrogens with zero attached hydrogens (tertiary/aromatic N) is 5. The SMILES string of the molecule is Cc1cc(=O)nc2sc(N3CCN(S(=O)(=O)c4ccc(C(F)(F)F)cc4)[C@@H](C(=O)NCc4ccc(OC(F)(F)F)cc4)C3)nn12. The molecule has 11 nitrogen and oxygen atoms in total. The van der Waals surface area contributed by atoms with Gasteiger partial charge in [-0.1, -0.05) is 23.5 Å². The van der Waals surface area contributed by atoms with E-state index in [1.54, 1.807) is 11.8 Å². The number of fused-ring (bicyclic) bond motifs is 1. The molecule has 2 aromatic carbocycles. The second kappa shape index (κ2) is 11.9. The van der Waals surface area contributed by atoms with Crippen LogP contribution < -0.4 is 20.5 Å². The molecule has 0 unspecified atom stereocenters. The molecule has 1 saturated heterocycles. The Balaban J connectivity index is 1.41. The third-order valence-corrected chi connectivity index (χ3v) is 9.63. The molecular formula is C26H22F6N6O5S2. The molecule has 19 heteroatoms. The van der Waals surface area contributed by atoms with Gasteiger partial charge in [0.25, 0.3) is 5.56 Å². The summed E-state index contributed by atoms with van der Waals surface area (Å²) in [7, 11) is -4.49. The molecule has 0 aliphatic carbocycles. The Morgan fingerprint density at radius 1 is 1.04 bits per heavy atom. The summed E-state index contributed by atoms with van der Waals surface area (Å²) in [5, 5.41) is 7.35. The Morgan fingerprint density at radius 3 is 2.33 bits per heavy atom. The van der Waals surface area contributed by atoms with Crippen molar-refractivity contribution in [3.8, 4) is 5.75 Å². The van der Waals surface area contributed by atoms with Crippen LogP contribution in [0.5, 0.6) is 5.75 Å². The number of ether oxygens (including phenoxy) is 1. The van der Waals surface area contributed by atoms with Crippen LogP contribution in [-0.4, -0.2) is 65.3 Å². The fourth-order valence-corrected chi connectivity index (χ4v) is 7.13. The lowest BCUT2D eigenvalue weighted by Gasteiger charge is -2.39. The van der Waals surface area contributed by atoms with Crippen LogP contribution in [0.3, 0.4) is 0 Å². The predicted octanol–water partition coefficient (Wildman–Crippen LogP) is 3.57. The quantitative estimate of drug-likeness (QED) is 0.295. The van der Waals surface area contributed by atoms with Gasteiger partial charge in [-0.25, -0.2) is 12.9 Å². The van der Waals surface area contributed by atoms with Crippen molar-refractivity contribution >= 4 is 37.4 Å². The van der Waals surface area contributed by atoms with Crippen molar-refractivity contribution in [2.75, 3.05) is 24.5 Å². The lowest BCUT2D eigenvalue weighted by Crippen LogP contribution is -2.60. The number of amides is 1. The number of anilines is 1. The van der Waals surface area contributed by atoms with Gasteiger partial charge in [-0.2, -0.15) is 22.5 Å². The fraction of sp³-hybridized carbons (Fsp3) is 0.308. The van der Waals surface area contributed by atoms with Crippen LogP contribution in [0.4, 0.5) is 31.5 Å². The molecule has 1 N–H and O–H groups in total. The van der Waals surface area contributed by atoms with Gasteiger partial charge in [0, 0.05) is 37.9 Å². The zero-order valence-electron chi connectivity index (χ0n) is 23.0. The molecule has 45 heavy (non-hydrogen) atoms. The van der Waals surface area contributed by atoms with E-state index in [1.165, 1.54) is 22.7 Å². The largest absolute Gasteiger partial charge is 0.573 e. The minimum Gasteiger partial charge on any atom is -0.406 e. The number of sulfonamides is 1. The zero-order valence-corrected chi connectivity index (χ0v) is 24.6. The van der Waals surface area contributed by atoms with Crippen molar-refractivity contribution < 1.29 is 44.3 Å². The lowest BCUT2D eigenvalue weighted by molar-refractivity contribution is -0.274. The van der Waals surface area contributed by atoms with E-state index in [1.807, 2.05) is 0 Å². The second-order valence-electron chi connectivity index (χ2n) is 9.82. The van der Waals surface area contributed by atoms with Crippen LogP contribution in [0.15, 0.2) is 64.3 Å². The molecule has 0 spiro atoms. The molecule has 1 atom stereocenters. The number of nitrogens with one attached hydrogen (secondary N) is 1. The molecule has 1 aliphatic heterocycles. The average Bonchev–Trinajstić information content (AvgIpc) is 3.40. The summed E-state index contributed by atoms with van der Waals surface area (Å²) in [5.41, 5.74) is -0.659. The minimum atomic E-state index is -4.89. The van der Waals surface area contributed by atoms with Crippen LogP contribution >= 0.6 is 11.3 Å². The highest BCUT2D eigenvalue weighted by Crippen LogP contribution is 2.32. The van der Waals surface area contributed by atoms with Gasteiger partial charge in [-0.05, 0) is 48.9 Å². The number of aromatic nitrogens is 3. The average molecular weight is 677 g/mol. The topological polar surface area (TPSA) is 126 Å². The normalized spacial score (nSPS) is 16.6. The van der Waals surface area contributed by atoms with Gasteiger partial charge < -0.3 is 15.0 Å². The van der Waals surface area contributed by atoms with E-state index in [9.17, 15) is 44.3 Å². The molecule has 0 bridgehead atoms. The van der Waals surface area contributed by atoms with E-state index in [2.05, 4.69) is 20.1 Å². The van der Waals surface area contributed by atoms with E-state index in [4.69, 9.17) is 0 Å². The molecule has 1 fully saturated rings. The van der Waals surface area contributed by atoms with Crippen molar-refractivity contribution in [1.29, 1.82) is 0 Å². The summed E-state index contributed by atoms with van der Waals surface area (Å²) in [4.78, 5) is 30.7. The highest BCUT2D eigenvalue weighted by atomic mass is 32.2. The maximum atomic E-state index is 13.6. The molecule has 0 saturated carbocycles. The van der Waals surface area contributed by atoms with Gasteiger partial charge in [0.2, 0.25) is 26.0 Å².